The molecule has 0 spiro atoms. The quantitative estimate of drug-likeness (QED) is 0.726. The number of aliphatic hydroxyl groups excluding tert-OH is 2. The third kappa shape index (κ3) is 3.56. The molecule has 114 valence electrons. The summed E-state index contributed by atoms with van der Waals surface area (Å²) in [6, 6.07) is 2.93. The minimum Gasteiger partial charge on any atom is -0.408 e. The van der Waals surface area contributed by atoms with Gasteiger partial charge in [-0.3, -0.25) is 0 Å². The molecular weight excluding hydrogens is 264 g/mol. The van der Waals surface area contributed by atoms with Crippen LogP contribution < -0.4 is 0 Å². The highest BCUT2D eigenvalue weighted by molar-refractivity contribution is 6.73. The summed E-state index contributed by atoms with van der Waals surface area (Å²) in [7, 11) is -0.406. The lowest BCUT2D eigenvalue weighted by Gasteiger charge is -2.44. The normalized spacial score (nSPS) is 36.5. The first-order valence-electron chi connectivity index (χ1n) is 7.16. The van der Waals surface area contributed by atoms with Gasteiger partial charge in [-0.05, 0) is 25.1 Å². The third-order valence-corrected chi connectivity index (χ3v) is 8.97. The maximum atomic E-state index is 10.3. The highest BCUT2D eigenvalue weighted by Gasteiger charge is 2.47. The average Bonchev–Trinajstić information content (AvgIpc) is 2.44. The lowest BCUT2D eigenvalue weighted by atomic mass is 10.0. The molecule has 0 saturated carbocycles. The molecule has 0 amide bonds. The molecule has 0 aromatic rings. The van der Waals surface area contributed by atoms with Crippen molar-refractivity contribution >= 4 is 8.32 Å². The van der Waals surface area contributed by atoms with Crippen molar-refractivity contribution in [3.8, 4) is 0 Å². The summed E-state index contributed by atoms with van der Waals surface area (Å²) in [6.45, 7) is 8.13. The van der Waals surface area contributed by atoms with Crippen LogP contribution in [-0.2, 0) is 13.9 Å². The third-order valence-electron chi connectivity index (χ3n) is 4.33. The first kappa shape index (κ1) is 17.1. The van der Waals surface area contributed by atoms with Gasteiger partial charge in [0.25, 0.3) is 0 Å². The smallest absolute Gasteiger partial charge is 0.192 e. The molecule has 0 aromatic heterocycles. The fraction of sp³-hybridized carbons (Fsp3) is 1.00. The van der Waals surface area contributed by atoms with Crippen LogP contribution in [-0.4, -0.2) is 56.3 Å². The molecule has 0 unspecified atom stereocenters. The first-order valence-corrected chi connectivity index (χ1v) is 9.69. The fourth-order valence-corrected chi connectivity index (χ4v) is 5.48. The molecule has 5 atom stereocenters. The predicted octanol–water partition coefficient (Wildman–Crippen LogP) is 1.49. The molecule has 19 heavy (non-hydrogen) atoms. The van der Waals surface area contributed by atoms with Crippen LogP contribution >= 0.6 is 0 Å². The SMILES string of the molecule is CC[Si](CC)(CC)O[C@@H]1[C@@H](O)[C@H](C)O[C@@H](OC)[C@@H]1O. The Labute approximate surface area is 117 Å². The van der Waals surface area contributed by atoms with E-state index in [0.29, 0.717) is 0 Å². The Morgan fingerprint density at radius 3 is 2.00 bits per heavy atom. The van der Waals surface area contributed by atoms with E-state index in [1.54, 1.807) is 6.92 Å². The molecule has 2 N–H and O–H groups in total. The zero-order chi connectivity index (χ0) is 14.6. The van der Waals surface area contributed by atoms with Crippen LogP contribution in [0.5, 0.6) is 0 Å². The minimum absolute atomic E-state index is 0.407. The van der Waals surface area contributed by atoms with Crippen molar-refractivity contribution in [3.05, 3.63) is 0 Å². The number of rotatable bonds is 6. The second-order valence-corrected chi connectivity index (χ2v) is 9.98. The number of methoxy groups -OCH3 is 1. The summed E-state index contributed by atoms with van der Waals surface area (Å²) in [4.78, 5) is 0. The van der Waals surface area contributed by atoms with Crippen molar-refractivity contribution in [3.63, 3.8) is 0 Å². The van der Waals surface area contributed by atoms with E-state index < -0.39 is 39.0 Å². The van der Waals surface area contributed by atoms with E-state index in [1.165, 1.54) is 7.11 Å². The van der Waals surface area contributed by atoms with Gasteiger partial charge in [0.15, 0.2) is 14.6 Å². The summed E-state index contributed by atoms with van der Waals surface area (Å²) in [5.41, 5.74) is 0. The van der Waals surface area contributed by atoms with Crippen LogP contribution in [0.4, 0.5) is 0 Å². The molecule has 0 aromatic carbocycles. The Balaban J connectivity index is 2.88. The van der Waals surface area contributed by atoms with Crippen LogP contribution in [0.1, 0.15) is 27.7 Å². The molecule has 1 aliphatic heterocycles. The van der Waals surface area contributed by atoms with E-state index in [9.17, 15) is 10.2 Å². The predicted molar refractivity (Wildman–Crippen MR) is 75.4 cm³/mol. The maximum Gasteiger partial charge on any atom is 0.192 e. The van der Waals surface area contributed by atoms with Gasteiger partial charge in [0.05, 0.1) is 6.10 Å². The number of hydrogen-bond acceptors (Lipinski definition) is 5. The first-order chi connectivity index (χ1) is 8.94. The monoisotopic (exact) mass is 292 g/mol. The van der Waals surface area contributed by atoms with Gasteiger partial charge in [0.1, 0.15) is 18.3 Å². The van der Waals surface area contributed by atoms with Crippen LogP contribution in [0.2, 0.25) is 18.1 Å². The number of ether oxygens (including phenoxy) is 2. The molecule has 1 saturated heterocycles. The Kier molecular flexibility index (Phi) is 6.42. The van der Waals surface area contributed by atoms with Gasteiger partial charge in [-0.2, -0.15) is 0 Å². The van der Waals surface area contributed by atoms with E-state index >= 15 is 0 Å². The van der Waals surface area contributed by atoms with Crippen molar-refractivity contribution in [2.45, 2.75) is 76.5 Å². The van der Waals surface area contributed by atoms with Crippen molar-refractivity contribution in [2.75, 3.05) is 7.11 Å². The van der Waals surface area contributed by atoms with E-state index in [4.69, 9.17) is 13.9 Å². The Bertz CT molecular complexity index is 263. The van der Waals surface area contributed by atoms with Gasteiger partial charge >= 0.3 is 0 Å². The van der Waals surface area contributed by atoms with Gasteiger partial charge in [-0.1, -0.05) is 20.8 Å². The van der Waals surface area contributed by atoms with Crippen LogP contribution in [0.25, 0.3) is 0 Å². The van der Waals surface area contributed by atoms with E-state index in [-0.39, 0.29) is 0 Å². The summed E-state index contributed by atoms with van der Waals surface area (Å²) in [5, 5.41) is 20.5. The lowest BCUT2D eigenvalue weighted by molar-refractivity contribution is -0.283. The van der Waals surface area contributed by atoms with Crippen molar-refractivity contribution < 1.29 is 24.1 Å². The van der Waals surface area contributed by atoms with Crippen LogP contribution in [0, 0.1) is 0 Å². The summed E-state index contributed by atoms with van der Waals surface area (Å²) < 4.78 is 16.8. The van der Waals surface area contributed by atoms with Gasteiger partial charge < -0.3 is 24.1 Å². The number of aliphatic hydroxyl groups is 2. The zero-order valence-electron chi connectivity index (χ0n) is 12.6. The number of hydrogen-bond donors (Lipinski definition) is 2. The highest BCUT2D eigenvalue weighted by Crippen LogP contribution is 2.30. The molecule has 1 aliphatic rings. The van der Waals surface area contributed by atoms with Crippen molar-refractivity contribution in [2.24, 2.45) is 0 Å². The fourth-order valence-electron chi connectivity index (χ4n) is 2.62. The molecular formula is C13H28O5Si. The zero-order valence-corrected chi connectivity index (χ0v) is 13.6. The van der Waals surface area contributed by atoms with Gasteiger partial charge in [0.2, 0.25) is 0 Å². The van der Waals surface area contributed by atoms with Gasteiger partial charge in [0, 0.05) is 7.11 Å². The van der Waals surface area contributed by atoms with Gasteiger partial charge in [-0.25, -0.2) is 0 Å². The second-order valence-electron chi connectivity index (χ2n) is 5.25. The van der Waals surface area contributed by atoms with E-state index in [1.807, 2.05) is 0 Å². The molecule has 6 heteroatoms. The van der Waals surface area contributed by atoms with Crippen LogP contribution in [0.15, 0.2) is 0 Å². The topological polar surface area (TPSA) is 68.2 Å². The molecule has 0 aliphatic carbocycles. The largest absolute Gasteiger partial charge is 0.408 e. The van der Waals surface area contributed by atoms with Crippen molar-refractivity contribution in [1.29, 1.82) is 0 Å². The summed E-state index contributed by atoms with van der Waals surface area (Å²) in [5.74, 6) is 0. The lowest BCUT2D eigenvalue weighted by Crippen LogP contribution is -2.61. The Hall–Kier alpha value is 0.0169. The molecule has 0 bridgehead atoms. The maximum absolute atomic E-state index is 10.3. The Morgan fingerprint density at radius 1 is 1.05 bits per heavy atom. The second kappa shape index (κ2) is 7.15. The van der Waals surface area contributed by atoms with E-state index in [2.05, 4.69) is 20.8 Å². The summed E-state index contributed by atoms with van der Waals surface area (Å²) in [6.07, 6.45) is -3.54. The molecule has 0 radical (unpaired) electrons. The van der Waals surface area contributed by atoms with Crippen molar-refractivity contribution in [1.82, 2.24) is 0 Å². The molecule has 1 fully saturated rings. The molecule has 1 rings (SSSR count). The standard InChI is InChI=1S/C13H28O5Si/c1-6-19(7-2,8-3)18-12-10(14)9(4)17-13(16-5)11(12)15/h9-15H,6-8H2,1-5H3/t9-,10-,11+,12+,13+/m0/s1. The molecule has 1 heterocycles. The average molecular weight is 292 g/mol. The minimum atomic E-state index is -1.89. The van der Waals surface area contributed by atoms with Crippen LogP contribution in [0.3, 0.4) is 0 Å². The Morgan fingerprint density at radius 2 is 1.58 bits per heavy atom. The van der Waals surface area contributed by atoms with Gasteiger partial charge in [-0.15, -0.1) is 0 Å². The summed E-state index contributed by atoms with van der Waals surface area (Å²) >= 11 is 0. The highest BCUT2D eigenvalue weighted by atomic mass is 28.4. The molecule has 5 nitrogen and oxygen atoms in total. The van der Waals surface area contributed by atoms with E-state index in [0.717, 1.165) is 18.1 Å².